The average molecular weight is 221 g/mol. The van der Waals surface area contributed by atoms with E-state index in [1.54, 1.807) is 0 Å². The Morgan fingerprint density at radius 1 is 0.882 bits per heavy atom. The van der Waals surface area contributed by atoms with Gasteiger partial charge in [0.15, 0.2) is 5.78 Å². The lowest BCUT2D eigenvalue weighted by molar-refractivity contribution is 0.0966. The summed E-state index contributed by atoms with van der Waals surface area (Å²) in [6.07, 6.45) is 0. The van der Waals surface area contributed by atoms with Crippen LogP contribution in [0.25, 0.3) is 0 Å². The van der Waals surface area contributed by atoms with E-state index < -0.39 is 0 Å². The highest BCUT2D eigenvalue weighted by molar-refractivity contribution is 6.00. The quantitative estimate of drug-likeness (QED) is 0.574. The summed E-state index contributed by atoms with van der Waals surface area (Å²) in [4.78, 5) is 12.1. The zero-order valence-corrected chi connectivity index (χ0v) is 9.84. The third kappa shape index (κ3) is 3.07. The number of carbonyl (C=O) groups is 1. The van der Waals surface area contributed by atoms with Crippen molar-refractivity contribution in [3.05, 3.63) is 71.8 Å². The van der Waals surface area contributed by atoms with Crippen LogP contribution in [0.1, 0.15) is 28.8 Å². The number of ketones is 1. The summed E-state index contributed by atoms with van der Waals surface area (Å²) in [5, 5.41) is 0. The van der Waals surface area contributed by atoms with Gasteiger partial charge in [-0.1, -0.05) is 67.6 Å². The lowest BCUT2D eigenvalue weighted by Gasteiger charge is -2.10. The van der Waals surface area contributed by atoms with Gasteiger partial charge in [-0.05, 0) is 5.56 Å². The number of benzene rings is 2. The van der Waals surface area contributed by atoms with E-state index in [9.17, 15) is 4.79 Å². The molecule has 0 saturated carbocycles. The lowest BCUT2D eigenvalue weighted by Crippen LogP contribution is -2.09. The van der Waals surface area contributed by atoms with Crippen LogP contribution >= 0.6 is 0 Å². The first kappa shape index (κ1) is 13.2. The van der Waals surface area contributed by atoms with Crippen molar-refractivity contribution in [3.63, 3.8) is 0 Å². The molecule has 0 aromatic heterocycles. The predicted octanol–water partition coefficient (Wildman–Crippen LogP) is 3.29. The molecule has 0 fully saturated rings. The summed E-state index contributed by atoms with van der Waals surface area (Å²) in [5.74, 6) is 0.0930. The van der Waals surface area contributed by atoms with Crippen molar-refractivity contribution in [1.82, 2.24) is 0 Å². The van der Waals surface area contributed by atoms with Crippen LogP contribution in [0, 0.1) is 0 Å². The average Bonchev–Trinajstić information content (AvgIpc) is 2.39. The minimum absolute atomic E-state index is 0. The maximum atomic E-state index is 12.1. The number of Topliss-reactive ketones (excluding diaryl/α,β-unsaturated/α-hetero) is 1. The normalized spacial score (nSPS) is 11.4. The summed E-state index contributed by atoms with van der Waals surface area (Å²) in [5.41, 5.74) is 1.84. The molecule has 17 heavy (non-hydrogen) atoms. The summed E-state index contributed by atoms with van der Waals surface area (Å²) in [7, 11) is 0. The van der Waals surface area contributed by atoms with Crippen LogP contribution in [0.4, 0.5) is 0 Å². The minimum atomic E-state index is -0.0800. The zero-order valence-electron chi connectivity index (χ0n) is 9.84. The van der Waals surface area contributed by atoms with Gasteiger partial charge in [0.2, 0.25) is 0 Å². The van der Waals surface area contributed by atoms with Crippen LogP contribution in [-0.2, 0) is 0 Å². The second kappa shape index (κ2) is 6.04. The molecule has 83 valence electrons. The molecule has 0 unspecified atom stereocenters. The molecule has 0 saturated heterocycles. The monoisotopic (exact) mass is 221 g/mol. The Labute approximate surface area is 104 Å². The van der Waals surface area contributed by atoms with Gasteiger partial charge in [-0.2, -0.15) is 0 Å². The molecule has 2 aromatic rings. The third-order valence-corrected chi connectivity index (χ3v) is 2.75. The van der Waals surface area contributed by atoms with E-state index in [-0.39, 0.29) is 20.1 Å². The highest BCUT2D eigenvalue weighted by atomic mass is 16.1. The van der Waals surface area contributed by atoms with Crippen molar-refractivity contribution in [2.45, 2.75) is 12.8 Å². The number of carbonyl (C=O) groups excluding carboxylic acids is 1. The van der Waals surface area contributed by atoms with Crippen LogP contribution < -0.4 is 0 Å². The number of hydrogen-bond donors (Lipinski definition) is 0. The molecule has 3 radical (unpaired) electrons. The second-order valence-corrected chi connectivity index (χ2v) is 3.86. The molecule has 1 atom stereocenters. The molecule has 0 N–H and O–H groups in total. The van der Waals surface area contributed by atoms with Crippen LogP contribution in [0.5, 0.6) is 0 Å². The van der Waals surface area contributed by atoms with E-state index in [1.165, 1.54) is 0 Å². The molecule has 1 nitrogen and oxygen atoms in total. The molecule has 2 rings (SSSR count). The SMILES string of the molecule is C[C@@H](C(=O)c1ccccc1)c1ccccc1.[B]. The van der Waals surface area contributed by atoms with Crippen LogP contribution in [0.15, 0.2) is 60.7 Å². The third-order valence-electron chi connectivity index (χ3n) is 2.75. The molecule has 0 amide bonds. The summed E-state index contributed by atoms with van der Waals surface area (Å²) in [6, 6.07) is 19.3. The van der Waals surface area contributed by atoms with E-state index >= 15 is 0 Å². The van der Waals surface area contributed by atoms with Crippen molar-refractivity contribution in [1.29, 1.82) is 0 Å². The van der Waals surface area contributed by atoms with E-state index in [2.05, 4.69) is 0 Å². The molecular weight excluding hydrogens is 207 g/mol. The molecular formula is C15H14BO. The summed E-state index contributed by atoms with van der Waals surface area (Å²) >= 11 is 0. The molecule has 0 aliphatic carbocycles. The Kier molecular flexibility index (Phi) is 4.71. The van der Waals surface area contributed by atoms with Crippen LogP contribution in [0.2, 0.25) is 0 Å². The molecule has 0 bridgehead atoms. The van der Waals surface area contributed by atoms with Crippen LogP contribution in [-0.4, -0.2) is 14.2 Å². The maximum absolute atomic E-state index is 12.1. The van der Waals surface area contributed by atoms with Crippen molar-refractivity contribution < 1.29 is 4.79 Å². The smallest absolute Gasteiger partial charge is 0.170 e. The van der Waals surface area contributed by atoms with E-state index in [0.29, 0.717) is 0 Å². The van der Waals surface area contributed by atoms with Crippen molar-refractivity contribution >= 4 is 14.2 Å². The van der Waals surface area contributed by atoms with Crippen molar-refractivity contribution in [3.8, 4) is 0 Å². The molecule has 0 aliphatic rings. The Bertz CT molecular complexity index is 465. The topological polar surface area (TPSA) is 17.1 Å². The van der Waals surface area contributed by atoms with Gasteiger partial charge in [0.1, 0.15) is 0 Å². The maximum Gasteiger partial charge on any atom is 0.170 e. The lowest BCUT2D eigenvalue weighted by atomic mass is 9.92. The fraction of sp³-hybridized carbons (Fsp3) is 0.133. The van der Waals surface area contributed by atoms with Gasteiger partial charge in [0, 0.05) is 19.9 Å². The van der Waals surface area contributed by atoms with Gasteiger partial charge in [0.25, 0.3) is 0 Å². The molecule has 0 aliphatic heterocycles. The zero-order chi connectivity index (χ0) is 11.4. The molecule has 2 aromatic carbocycles. The molecule has 0 spiro atoms. The fourth-order valence-electron chi connectivity index (χ4n) is 1.75. The molecule has 0 heterocycles. The van der Waals surface area contributed by atoms with Gasteiger partial charge < -0.3 is 0 Å². The second-order valence-electron chi connectivity index (χ2n) is 3.86. The Hall–Kier alpha value is -1.83. The molecule has 2 heteroatoms. The number of rotatable bonds is 3. The largest absolute Gasteiger partial charge is 0.294 e. The predicted molar refractivity (Wildman–Crippen MR) is 71.4 cm³/mol. The Morgan fingerprint density at radius 2 is 1.35 bits per heavy atom. The first-order chi connectivity index (χ1) is 7.79. The highest BCUT2D eigenvalue weighted by Gasteiger charge is 2.15. The van der Waals surface area contributed by atoms with E-state index in [0.717, 1.165) is 11.1 Å². The first-order valence-corrected chi connectivity index (χ1v) is 5.43. The van der Waals surface area contributed by atoms with Crippen molar-refractivity contribution in [2.75, 3.05) is 0 Å². The van der Waals surface area contributed by atoms with E-state index in [1.807, 2.05) is 67.6 Å². The summed E-state index contributed by atoms with van der Waals surface area (Å²) in [6.45, 7) is 1.95. The Morgan fingerprint density at radius 3 is 1.88 bits per heavy atom. The van der Waals surface area contributed by atoms with Gasteiger partial charge in [-0.25, -0.2) is 0 Å². The number of hydrogen-bond acceptors (Lipinski definition) is 1. The minimum Gasteiger partial charge on any atom is -0.294 e. The fourth-order valence-corrected chi connectivity index (χ4v) is 1.75. The summed E-state index contributed by atoms with van der Waals surface area (Å²) < 4.78 is 0. The van der Waals surface area contributed by atoms with Crippen LogP contribution in [0.3, 0.4) is 0 Å². The van der Waals surface area contributed by atoms with Crippen molar-refractivity contribution in [2.24, 2.45) is 0 Å². The van der Waals surface area contributed by atoms with Gasteiger partial charge >= 0.3 is 0 Å². The first-order valence-electron chi connectivity index (χ1n) is 5.43. The van der Waals surface area contributed by atoms with Gasteiger partial charge in [-0.15, -0.1) is 0 Å². The Balaban J connectivity index is 0.00000144. The standard InChI is InChI=1S/C15H14O.B/c1-12(13-8-4-2-5-9-13)15(16)14-10-6-3-7-11-14;/h2-12H,1H3;/t12-;/m1./s1. The van der Waals surface area contributed by atoms with Gasteiger partial charge in [0.05, 0.1) is 0 Å². The highest BCUT2D eigenvalue weighted by Crippen LogP contribution is 2.19. The van der Waals surface area contributed by atoms with Gasteiger partial charge in [-0.3, -0.25) is 4.79 Å². The van der Waals surface area contributed by atoms with E-state index in [4.69, 9.17) is 0 Å².